The first kappa shape index (κ1) is 31.1. The number of hydrogen-bond acceptors (Lipinski definition) is 0. The first-order valence-electron chi connectivity index (χ1n) is 0. The van der Waals surface area contributed by atoms with Crippen molar-refractivity contribution in [2.45, 2.75) is 7.43 Å². The fourth-order valence-corrected chi connectivity index (χ4v) is 0. The van der Waals surface area contributed by atoms with E-state index in [0.29, 0.717) is 0 Å². The van der Waals surface area contributed by atoms with Crippen LogP contribution in [0, 0.1) is 0 Å². The third-order valence-corrected chi connectivity index (χ3v) is 0. The minimum atomic E-state index is 0. The molecule has 0 aliphatic carbocycles. The Morgan fingerprint density at radius 2 is 1.00 bits per heavy atom. The minimum absolute atomic E-state index is 0. The molecule has 0 aliphatic rings. The van der Waals surface area contributed by atoms with Gasteiger partial charge in [-0.2, -0.15) is 0 Å². The van der Waals surface area contributed by atoms with Crippen molar-refractivity contribution in [3.63, 3.8) is 0 Å². The van der Waals surface area contributed by atoms with Gasteiger partial charge in [-0.15, -0.1) is 0 Å². The van der Waals surface area contributed by atoms with Gasteiger partial charge < -0.3 is 0 Å². The molecule has 0 aromatic heterocycles. The van der Waals surface area contributed by atoms with Gasteiger partial charge in [-0.25, -0.2) is 0 Å². The molecule has 0 amide bonds. The van der Waals surface area contributed by atoms with E-state index in [4.69, 9.17) is 0 Å². The predicted molar refractivity (Wildman–Crippen MR) is 18.2 cm³/mol. The van der Waals surface area contributed by atoms with Crippen molar-refractivity contribution in [2.24, 2.45) is 0 Å². The van der Waals surface area contributed by atoms with Gasteiger partial charge in [0.2, 0.25) is 0 Å². The van der Waals surface area contributed by atoms with Crippen LogP contribution >= 0.6 is 0 Å². The summed E-state index contributed by atoms with van der Waals surface area (Å²) < 4.78 is 0. The Labute approximate surface area is 83.7 Å². The summed E-state index contributed by atoms with van der Waals surface area (Å²) >= 11 is 0. The van der Waals surface area contributed by atoms with E-state index >= 15 is 0 Å². The van der Waals surface area contributed by atoms with Gasteiger partial charge in [-0.3, -0.25) is 0 Å². The van der Waals surface area contributed by atoms with Crippen molar-refractivity contribution in [1.29, 1.82) is 0 Å². The molecule has 3 heteroatoms. The second-order valence-electron chi connectivity index (χ2n) is 0. The SMILES string of the molecule is C.[Ca].[Fe].[Mg]. The van der Waals surface area contributed by atoms with Gasteiger partial charge >= 0.3 is 0 Å². The molecule has 0 bridgehead atoms. The van der Waals surface area contributed by atoms with Crippen molar-refractivity contribution in [1.82, 2.24) is 0 Å². The molecule has 0 N–H and O–H groups in total. The van der Waals surface area contributed by atoms with E-state index in [1.54, 1.807) is 0 Å². The van der Waals surface area contributed by atoms with Crippen LogP contribution in [-0.2, 0) is 17.1 Å². The monoisotopic (exact) mass is 136 g/mol. The van der Waals surface area contributed by atoms with Gasteiger partial charge in [0.05, 0.1) is 0 Å². The Bertz CT molecular complexity index is 8.00. The van der Waals surface area contributed by atoms with Crippen molar-refractivity contribution in [3.8, 4) is 0 Å². The van der Waals surface area contributed by atoms with Crippen LogP contribution in [0.1, 0.15) is 7.43 Å². The molecule has 0 heterocycles. The molecule has 0 aromatic carbocycles. The fraction of sp³-hybridized carbons (Fsp3) is 1.00. The molecule has 0 aromatic rings. The van der Waals surface area contributed by atoms with Crippen molar-refractivity contribution in [2.75, 3.05) is 0 Å². The molecular formula is CH4CaFeMg. The maximum Gasteiger partial charge on any atom is 0 e. The summed E-state index contributed by atoms with van der Waals surface area (Å²) in [7, 11) is 0. The van der Waals surface area contributed by atoms with E-state index in [9.17, 15) is 0 Å². The molecule has 0 fully saturated rings. The zero-order chi connectivity index (χ0) is 0. The summed E-state index contributed by atoms with van der Waals surface area (Å²) in [4.78, 5) is 0. The zero-order valence-corrected chi connectivity index (χ0v) is 6.49. The Morgan fingerprint density at radius 1 is 1.00 bits per heavy atom. The summed E-state index contributed by atoms with van der Waals surface area (Å²) in [6.45, 7) is 0. The van der Waals surface area contributed by atoms with Crippen LogP contribution < -0.4 is 0 Å². The van der Waals surface area contributed by atoms with Gasteiger partial charge in [0.25, 0.3) is 0 Å². The van der Waals surface area contributed by atoms with Crippen LogP contribution in [0.5, 0.6) is 0 Å². The molecule has 0 atom stereocenters. The van der Waals surface area contributed by atoms with Crippen LogP contribution in [0.3, 0.4) is 0 Å². The molecule has 0 saturated heterocycles. The maximum atomic E-state index is 0. The molecule has 20 valence electrons. The predicted octanol–water partition coefficient (Wildman–Crippen LogP) is -0.128. The minimum Gasteiger partial charge on any atom is -0.0776 e. The van der Waals surface area contributed by atoms with Crippen LogP contribution in [0.15, 0.2) is 0 Å². The Hall–Kier alpha value is 2.55. The van der Waals surface area contributed by atoms with Gasteiger partial charge in [0, 0.05) is 77.9 Å². The smallest absolute Gasteiger partial charge is 0 e. The number of rotatable bonds is 0. The first-order chi connectivity index (χ1) is 0. The molecule has 4 heavy (non-hydrogen) atoms. The van der Waals surface area contributed by atoms with E-state index in [1.165, 1.54) is 0 Å². The number of hydrogen-bond donors (Lipinski definition) is 0. The molecule has 0 rings (SSSR count). The average molecular weight is 136 g/mol. The quantitative estimate of drug-likeness (QED) is 0.407. The second kappa shape index (κ2) is 17.7. The summed E-state index contributed by atoms with van der Waals surface area (Å²) in [5.41, 5.74) is 0. The van der Waals surface area contributed by atoms with Gasteiger partial charge in [0.1, 0.15) is 0 Å². The maximum absolute atomic E-state index is 0. The van der Waals surface area contributed by atoms with Crippen LogP contribution in [0.25, 0.3) is 0 Å². The summed E-state index contributed by atoms with van der Waals surface area (Å²) in [6, 6.07) is 0. The average Bonchev–Trinajstić information content (AvgIpc) is 0. The largest absolute Gasteiger partial charge is 0.0776 e. The van der Waals surface area contributed by atoms with Crippen molar-refractivity contribution in [3.05, 3.63) is 0 Å². The molecule has 0 unspecified atom stereocenters. The molecular weight excluding hydrogens is 132 g/mol. The van der Waals surface area contributed by atoms with E-state index in [2.05, 4.69) is 0 Å². The van der Waals surface area contributed by atoms with Crippen LogP contribution in [0.2, 0.25) is 0 Å². The summed E-state index contributed by atoms with van der Waals surface area (Å²) in [5.74, 6) is 0. The fourth-order valence-electron chi connectivity index (χ4n) is 0. The van der Waals surface area contributed by atoms with Crippen molar-refractivity contribution >= 4 is 60.8 Å². The van der Waals surface area contributed by atoms with E-state index in [1.807, 2.05) is 0 Å². The van der Waals surface area contributed by atoms with Gasteiger partial charge in [-0.1, -0.05) is 7.43 Å². The Balaban J connectivity index is 0. The zero-order valence-electron chi connectivity index (χ0n) is 1.77. The summed E-state index contributed by atoms with van der Waals surface area (Å²) in [6.07, 6.45) is 0. The van der Waals surface area contributed by atoms with E-state index < -0.39 is 0 Å². The molecule has 0 aliphatic heterocycles. The van der Waals surface area contributed by atoms with Crippen LogP contribution in [0.4, 0.5) is 0 Å². The third-order valence-electron chi connectivity index (χ3n) is 0. The Morgan fingerprint density at radius 3 is 1.00 bits per heavy atom. The second-order valence-corrected chi connectivity index (χ2v) is 0. The first-order valence-corrected chi connectivity index (χ1v) is 0. The van der Waals surface area contributed by atoms with Gasteiger partial charge in [0.15, 0.2) is 0 Å². The topological polar surface area (TPSA) is 0 Å². The van der Waals surface area contributed by atoms with Crippen LogP contribution in [-0.4, -0.2) is 60.8 Å². The van der Waals surface area contributed by atoms with Gasteiger partial charge in [-0.05, 0) is 0 Å². The molecule has 0 saturated carbocycles. The normalized spacial score (nSPS) is 0. The third kappa shape index (κ3) is 8.82. The van der Waals surface area contributed by atoms with E-state index in [0.717, 1.165) is 0 Å². The van der Waals surface area contributed by atoms with E-state index in [-0.39, 0.29) is 85.3 Å². The summed E-state index contributed by atoms with van der Waals surface area (Å²) in [5, 5.41) is 0. The Kier molecular flexibility index (Phi) is 137. The molecule has 4 radical (unpaired) electrons. The molecule has 0 spiro atoms. The standard InChI is InChI=1S/CH4.Ca.Fe.Mg/h1H4;;;. The molecule has 0 nitrogen and oxygen atoms in total. The van der Waals surface area contributed by atoms with Crippen molar-refractivity contribution < 1.29 is 17.1 Å².